The molecule has 13 rings (SSSR count). The highest BCUT2D eigenvalue weighted by Gasteiger charge is 2.48. The normalized spacial score (nSPS) is 13.6. The number of fused-ring (bicyclic) bond motifs is 8. The van der Waals surface area contributed by atoms with Crippen LogP contribution in [0.2, 0.25) is 0 Å². The van der Waals surface area contributed by atoms with Gasteiger partial charge in [0.25, 0.3) is 0 Å². The maximum atomic E-state index is 2.43. The van der Waals surface area contributed by atoms with E-state index < -0.39 is 5.41 Å². The van der Waals surface area contributed by atoms with Crippen molar-refractivity contribution in [3.63, 3.8) is 0 Å². The van der Waals surface area contributed by atoms with Gasteiger partial charge in [0.15, 0.2) is 0 Å². The third-order valence-corrected chi connectivity index (χ3v) is 15.1. The molecule has 0 spiro atoms. The summed E-state index contributed by atoms with van der Waals surface area (Å²) in [5.74, 6) is 0. The molecule has 0 atom stereocenters. The zero-order chi connectivity index (χ0) is 46.1. The second-order valence-corrected chi connectivity index (χ2v) is 19.1. The summed E-state index contributed by atoms with van der Waals surface area (Å²) in [6.07, 6.45) is 0. The van der Waals surface area contributed by atoms with E-state index in [1.807, 2.05) is 0 Å². The fourth-order valence-electron chi connectivity index (χ4n) is 12.1. The van der Waals surface area contributed by atoms with E-state index in [9.17, 15) is 0 Å². The highest BCUT2D eigenvalue weighted by Crippen LogP contribution is 2.62. The predicted octanol–water partition coefficient (Wildman–Crippen LogP) is 18.0. The molecule has 1 nitrogen and oxygen atoms in total. The number of hydrogen-bond acceptors (Lipinski definition) is 1. The van der Waals surface area contributed by atoms with Gasteiger partial charge in [-0.3, -0.25) is 0 Å². The Morgan fingerprint density at radius 1 is 0.290 bits per heavy atom. The lowest BCUT2D eigenvalue weighted by Crippen LogP contribution is -2.28. The third kappa shape index (κ3) is 6.24. The summed E-state index contributed by atoms with van der Waals surface area (Å²) in [6.45, 7) is 4.73. The van der Waals surface area contributed by atoms with Crippen LogP contribution < -0.4 is 4.90 Å². The highest BCUT2D eigenvalue weighted by atomic mass is 15.1. The first-order valence-electron chi connectivity index (χ1n) is 24.2. The van der Waals surface area contributed by atoms with Crippen LogP contribution in [0.15, 0.2) is 261 Å². The summed E-state index contributed by atoms with van der Waals surface area (Å²) < 4.78 is 0. The van der Waals surface area contributed by atoms with Crippen molar-refractivity contribution < 1.29 is 0 Å². The van der Waals surface area contributed by atoms with Crippen molar-refractivity contribution in [2.45, 2.75) is 24.7 Å². The van der Waals surface area contributed by atoms with Gasteiger partial charge in [-0.05, 0) is 136 Å². The molecule has 0 N–H and O–H groups in total. The summed E-state index contributed by atoms with van der Waals surface area (Å²) in [5, 5.41) is 2.50. The maximum absolute atomic E-state index is 2.43. The van der Waals surface area contributed by atoms with Gasteiger partial charge in [-0.2, -0.15) is 0 Å². The number of nitrogens with zero attached hydrogens (tertiary/aromatic N) is 1. The number of hydrogen-bond donors (Lipinski definition) is 0. The molecule has 0 aromatic heterocycles. The lowest BCUT2D eigenvalue weighted by atomic mass is 9.66. The van der Waals surface area contributed by atoms with E-state index in [1.54, 1.807) is 0 Å². The van der Waals surface area contributed by atoms with Gasteiger partial charge in [0.05, 0.1) is 5.41 Å². The first kappa shape index (κ1) is 40.7. The Morgan fingerprint density at radius 3 is 1.35 bits per heavy atom. The number of benzene rings is 11. The Hall–Kier alpha value is -8.52. The molecule has 11 aromatic carbocycles. The molecule has 0 unspecified atom stereocenters. The lowest BCUT2D eigenvalue weighted by Gasteiger charge is -2.35. The molecule has 69 heavy (non-hydrogen) atoms. The Labute approximate surface area is 405 Å². The van der Waals surface area contributed by atoms with Gasteiger partial charge >= 0.3 is 0 Å². The molecule has 11 aromatic rings. The standard InChI is InChI=1S/C68H49N/c1-67(2)60-33-19-17-29-55(60)56-44-43-54(45-62(56)67)69(52-39-35-47(36-40-52)46-21-7-3-8-22-46)53-41-37-49(38-42-53)63-57-30-15-16-31-58(57)66-65(64(63)48-23-9-4-10-24-48)59-32-18-20-34-61(59)68(66,50-25-11-5-12-26-50)51-27-13-6-14-28-51/h3-45H,1-2H3. The van der Waals surface area contributed by atoms with Crippen LogP contribution in [0.4, 0.5) is 17.1 Å². The smallest absolute Gasteiger partial charge is 0.0719 e. The second kappa shape index (κ2) is 16.1. The van der Waals surface area contributed by atoms with Crippen LogP contribution in [0.5, 0.6) is 0 Å². The average Bonchev–Trinajstić information content (AvgIpc) is 3.86. The average molecular weight is 880 g/mol. The quantitative estimate of drug-likeness (QED) is 0.147. The molecule has 0 aliphatic heterocycles. The van der Waals surface area contributed by atoms with Crippen LogP contribution in [0, 0.1) is 0 Å². The van der Waals surface area contributed by atoms with E-state index in [1.165, 1.54) is 99.8 Å². The first-order valence-corrected chi connectivity index (χ1v) is 24.2. The van der Waals surface area contributed by atoms with Gasteiger partial charge in [-0.25, -0.2) is 0 Å². The molecular weight excluding hydrogens is 831 g/mol. The van der Waals surface area contributed by atoms with Crippen LogP contribution in [0.25, 0.3) is 66.4 Å². The van der Waals surface area contributed by atoms with Gasteiger partial charge in [0.1, 0.15) is 0 Å². The fraction of sp³-hybridized carbons (Fsp3) is 0.0588. The Balaban J connectivity index is 1.04. The van der Waals surface area contributed by atoms with E-state index in [-0.39, 0.29) is 5.41 Å². The second-order valence-electron chi connectivity index (χ2n) is 19.1. The Kier molecular flexibility index (Phi) is 9.49. The zero-order valence-corrected chi connectivity index (χ0v) is 38.8. The van der Waals surface area contributed by atoms with Crippen LogP contribution in [-0.4, -0.2) is 0 Å². The van der Waals surface area contributed by atoms with E-state index in [2.05, 4.69) is 280 Å². The van der Waals surface area contributed by atoms with E-state index in [0.717, 1.165) is 17.1 Å². The molecular formula is C68H49N. The molecule has 2 aliphatic rings. The van der Waals surface area contributed by atoms with Crippen molar-refractivity contribution in [1.82, 2.24) is 0 Å². The fourth-order valence-corrected chi connectivity index (χ4v) is 12.1. The van der Waals surface area contributed by atoms with Gasteiger partial charge in [0.2, 0.25) is 0 Å². The third-order valence-electron chi connectivity index (χ3n) is 15.1. The van der Waals surface area contributed by atoms with Crippen molar-refractivity contribution in [3.05, 3.63) is 294 Å². The largest absolute Gasteiger partial charge is 0.310 e. The molecule has 0 radical (unpaired) electrons. The van der Waals surface area contributed by atoms with E-state index in [0.29, 0.717) is 0 Å². The minimum Gasteiger partial charge on any atom is -0.310 e. The number of rotatable bonds is 8. The van der Waals surface area contributed by atoms with Crippen molar-refractivity contribution >= 4 is 27.8 Å². The van der Waals surface area contributed by atoms with Crippen LogP contribution >= 0.6 is 0 Å². The summed E-state index contributed by atoms with van der Waals surface area (Å²) in [7, 11) is 0. The Morgan fingerprint density at radius 2 is 0.725 bits per heavy atom. The molecule has 0 saturated heterocycles. The lowest BCUT2D eigenvalue weighted by molar-refractivity contribution is 0.660. The zero-order valence-electron chi connectivity index (χ0n) is 38.8. The minimum absolute atomic E-state index is 0.131. The van der Waals surface area contributed by atoms with Crippen molar-refractivity contribution in [2.24, 2.45) is 0 Å². The monoisotopic (exact) mass is 879 g/mol. The molecule has 1 heteroatoms. The van der Waals surface area contributed by atoms with E-state index >= 15 is 0 Å². The minimum atomic E-state index is -0.553. The molecule has 326 valence electrons. The molecule has 2 aliphatic carbocycles. The van der Waals surface area contributed by atoms with Gasteiger partial charge in [-0.1, -0.05) is 238 Å². The summed E-state index contributed by atoms with van der Waals surface area (Å²) in [5.41, 5.74) is 23.1. The van der Waals surface area contributed by atoms with Crippen LogP contribution in [-0.2, 0) is 10.8 Å². The van der Waals surface area contributed by atoms with Gasteiger partial charge in [-0.15, -0.1) is 0 Å². The molecule has 0 amide bonds. The predicted molar refractivity (Wildman–Crippen MR) is 290 cm³/mol. The summed E-state index contributed by atoms with van der Waals surface area (Å²) in [6, 6.07) is 96.8. The van der Waals surface area contributed by atoms with Crippen molar-refractivity contribution in [3.8, 4) is 55.6 Å². The topological polar surface area (TPSA) is 3.24 Å². The van der Waals surface area contributed by atoms with Gasteiger partial charge in [0, 0.05) is 22.5 Å². The SMILES string of the molecule is CC1(C)c2ccccc2-c2ccc(N(c3ccc(-c4ccccc4)cc3)c3ccc(-c4c(-c5ccccc5)c5c(c6ccccc46)C(c4ccccc4)(c4ccccc4)c4ccccc4-5)cc3)cc21. The molecule has 0 heterocycles. The van der Waals surface area contributed by atoms with Crippen LogP contribution in [0.1, 0.15) is 47.2 Å². The Bertz CT molecular complexity index is 3660. The molecule has 0 fully saturated rings. The molecule has 0 saturated carbocycles. The highest BCUT2D eigenvalue weighted by molar-refractivity contribution is 6.15. The van der Waals surface area contributed by atoms with Crippen molar-refractivity contribution in [1.29, 1.82) is 0 Å². The number of anilines is 3. The maximum Gasteiger partial charge on any atom is 0.0719 e. The van der Waals surface area contributed by atoms with Crippen LogP contribution in [0.3, 0.4) is 0 Å². The van der Waals surface area contributed by atoms with Gasteiger partial charge < -0.3 is 4.90 Å². The first-order chi connectivity index (χ1) is 34.0. The van der Waals surface area contributed by atoms with Crippen molar-refractivity contribution in [2.75, 3.05) is 4.90 Å². The molecule has 0 bridgehead atoms. The summed E-state index contributed by atoms with van der Waals surface area (Å²) >= 11 is 0. The van der Waals surface area contributed by atoms with E-state index in [4.69, 9.17) is 0 Å². The summed E-state index contributed by atoms with van der Waals surface area (Å²) in [4.78, 5) is 2.43.